The quantitative estimate of drug-likeness (QED) is 0.702. The van der Waals surface area contributed by atoms with Gasteiger partial charge >= 0.3 is 5.97 Å². The summed E-state index contributed by atoms with van der Waals surface area (Å²) in [5.74, 6) is -0.199. The summed E-state index contributed by atoms with van der Waals surface area (Å²) in [4.78, 5) is 14.1. The highest BCUT2D eigenvalue weighted by molar-refractivity contribution is 5.80. The van der Waals surface area contributed by atoms with Crippen LogP contribution in [-0.4, -0.2) is 62.9 Å². The Labute approximate surface area is 116 Å². The second-order valence-electron chi connectivity index (χ2n) is 5.59. The number of methoxy groups -OCH3 is 1. The number of hydrogen-bond donors (Lipinski definition) is 1. The fourth-order valence-corrected chi connectivity index (χ4v) is 2.70. The van der Waals surface area contributed by atoms with Gasteiger partial charge in [0.25, 0.3) is 0 Å². The van der Waals surface area contributed by atoms with Crippen molar-refractivity contribution in [2.45, 2.75) is 50.8 Å². The maximum absolute atomic E-state index is 11.7. The highest BCUT2D eigenvalue weighted by atomic mass is 16.5. The first kappa shape index (κ1) is 16.4. The molecular weight excluding hydrogens is 244 g/mol. The summed E-state index contributed by atoms with van der Waals surface area (Å²) in [6.45, 7) is 5.83. The molecule has 1 N–H and O–H groups in total. The molecule has 0 amide bonds. The summed E-state index contributed by atoms with van der Waals surface area (Å²) in [7, 11) is 5.36. The van der Waals surface area contributed by atoms with E-state index in [1.807, 2.05) is 6.92 Å². The zero-order chi connectivity index (χ0) is 14.5. The fraction of sp³-hybridized carbons (Fsp3) is 0.929. The standard InChI is InChI=1S/C14H28N2O3/c1-11-12(7-10-19-11)16(4)9-6-8-14(2,15-3)13(17)18-5/h11-12,15H,6-10H2,1-5H3. The predicted octanol–water partition coefficient (Wildman–Crippen LogP) is 1.03. The van der Waals surface area contributed by atoms with Crippen molar-refractivity contribution in [2.24, 2.45) is 0 Å². The molecule has 3 unspecified atom stereocenters. The second-order valence-corrected chi connectivity index (χ2v) is 5.59. The lowest BCUT2D eigenvalue weighted by atomic mass is 9.95. The van der Waals surface area contributed by atoms with E-state index in [9.17, 15) is 4.79 Å². The van der Waals surface area contributed by atoms with Crippen molar-refractivity contribution in [2.75, 3.05) is 34.4 Å². The van der Waals surface area contributed by atoms with Gasteiger partial charge in [0.2, 0.25) is 0 Å². The first-order valence-electron chi connectivity index (χ1n) is 7.03. The maximum atomic E-state index is 11.7. The average molecular weight is 272 g/mol. The molecule has 0 bridgehead atoms. The molecule has 0 radical (unpaired) electrons. The van der Waals surface area contributed by atoms with E-state index < -0.39 is 5.54 Å². The molecule has 0 aromatic heterocycles. The Morgan fingerprint density at radius 1 is 1.58 bits per heavy atom. The molecule has 5 nitrogen and oxygen atoms in total. The lowest BCUT2D eigenvalue weighted by Crippen LogP contribution is -2.49. The third-order valence-electron chi connectivity index (χ3n) is 4.28. The third-order valence-corrected chi connectivity index (χ3v) is 4.28. The molecule has 0 aromatic carbocycles. The van der Waals surface area contributed by atoms with Crippen LogP contribution in [0.3, 0.4) is 0 Å². The molecule has 5 heteroatoms. The van der Waals surface area contributed by atoms with Gasteiger partial charge in [0.15, 0.2) is 0 Å². The molecule has 1 rings (SSSR count). The Kier molecular flexibility index (Phi) is 6.23. The number of likely N-dealkylation sites (N-methyl/N-ethyl adjacent to an activating group) is 2. The summed E-state index contributed by atoms with van der Waals surface area (Å²) in [6, 6.07) is 0.499. The third kappa shape index (κ3) is 4.16. The Hall–Kier alpha value is -0.650. The molecule has 1 aliphatic heterocycles. The molecule has 3 atom stereocenters. The van der Waals surface area contributed by atoms with Gasteiger partial charge < -0.3 is 19.7 Å². The van der Waals surface area contributed by atoms with Gasteiger partial charge in [-0.1, -0.05) is 0 Å². The first-order chi connectivity index (χ1) is 8.94. The Morgan fingerprint density at radius 3 is 2.74 bits per heavy atom. The first-order valence-corrected chi connectivity index (χ1v) is 7.03. The summed E-state index contributed by atoms with van der Waals surface area (Å²) < 4.78 is 10.4. The van der Waals surface area contributed by atoms with E-state index in [2.05, 4.69) is 24.2 Å². The van der Waals surface area contributed by atoms with Gasteiger partial charge in [0.05, 0.1) is 13.2 Å². The zero-order valence-electron chi connectivity index (χ0n) is 12.9. The van der Waals surface area contributed by atoms with Crippen LogP contribution in [0.2, 0.25) is 0 Å². The fourth-order valence-electron chi connectivity index (χ4n) is 2.70. The number of rotatable bonds is 7. The molecular formula is C14H28N2O3. The number of nitrogens with one attached hydrogen (secondary N) is 1. The molecule has 1 aliphatic rings. The van der Waals surface area contributed by atoms with E-state index >= 15 is 0 Å². The van der Waals surface area contributed by atoms with Crippen LogP contribution in [0.25, 0.3) is 0 Å². The molecule has 0 aliphatic carbocycles. The topological polar surface area (TPSA) is 50.8 Å². The van der Waals surface area contributed by atoms with Crippen molar-refractivity contribution in [3.63, 3.8) is 0 Å². The van der Waals surface area contributed by atoms with Crippen LogP contribution in [0.1, 0.15) is 33.1 Å². The Bertz CT molecular complexity index is 298. The molecule has 0 spiro atoms. The van der Waals surface area contributed by atoms with Crippen LogP contribution in [-0.2, 0) is 14.3 Å². The smallest absolute Gasteiger partial charge is 0.325 e. The highest BCUT2D eigenvalue weighted by Crippen LogP contribution is 2.20. The minimum Gasteiger partial charge on any atom is -0.468 e. The predicted molar refractivity (Wildman–Crippen MR) is 75.2 cm³/mol. The van der Waals surface area contributed by atoms with Gasteiger partial charge in [-0.3, -0.25) is 4.79 Å². The Balaban J connectivity index is 2.38. The molecule has 1 saturated heterocycles. The van der Waals surface area contributed by atoms with Gasteiger partial charge in [-0.05, 0) is 53.8 Å². The van der Waals surface area contributed by atoms with Crippen molar-refractivity contribution in [1.29, 1.82) is 0 Å². The number of carbonyl (C=O) groups is 1. The van der Waals surface area contributed by atoms with Crippen LogP contribution in [0, 0.1) is 0 Å². The van der Waals surface area contributed by atoms with Gasteiger partial charge in [-0.25, -0.2) is 0 Å². The van der Waals surface area contributed by atoms with E-state index in [1.54, 1.807) is 7.05 Å². The minimum absolute atomic E-state index is 0.199. The monoisotopic (exact) mass is 272 g/mol. The SMILES string of the molecule is CNC(C)(CCCN(C)C1CCOC1C)C(=O)OC. The number of nitrogens with zero attached hydrogens (tertiary/aromatic N) is 1. The van der Waals surface area contributed by atoms with E-state index in [0.717, 1.165) is 32.4 Å². The second kappa shape index (κ2) is 7.22. The van der Waals surface area contributed by atoms with Gasteiger partial charge in [0, 0.05) is 12.6 Å². The van der Waals surface area contributed by atoms with Crippen molar-refractivity contribution in [3.05, 3.63) is 0 Å². The minimum atomic E-state index is -0.590. The summed E-state index contributed by atoms with van der Waals surface area (Å²) >= 11 is 0. The van der Waals surface area contributed by atoms with Gasteiger partial charge in [0.1, 0.15) is 5.54 Å². The van der Waals surface area contributed by atoms with Crippen molar-refractivity contribution in [3.8, 4) is 0 Å². The summed E-state index contributed by atoms with van der Waals surface area (Å²) in [6.07, 6.45) is 3.12. The van der Waals surface area contributed by atoms with Gasteiger partial charge in [-0.2, -0.15) is 0 Å². The lowest BCUT2D eigenvalue weighted by Gasteiger charge is -2.29. The van der Waals surface area contributed by atoms with Gasteiger partial charge in [-0.15, -0.1) is 0 Å². The number of carbonyl (C=O) groups excluding carboxylic acids is 1. The number of esters is 1. The van der Waals surface area contributed by atoms with E-state index in [1.165, 1.54) is 7.11 Å². The average Bonchev–Trinajstić information content (AvgIpc) is 2.83. The van der Waals surface area contributed by atoms with E-state index in [-0.39, 0.29) is 5.97 Å². The van der Waals surface area contributed by atoms with Crippen molar-refractivity contribution >= 4 is 5.97 Å². The van der Waals surface area contributed by atoms with Crippen LogP contribution >= 0.6 is 0 Å². The van der Waals surface area contributed by atoms with Crippen molar-refractivity contribution in [1.82, 2.24) is 10.2 Å². The van der Waals surface area contributed by atoms with Crippen LogP contribution in [0.15, 0.2) is 0 Å². The lowest BCUT2D eigenvalue weighted by molar-refractivity contribution is -0.148. The molecule has 0 saturated carbocycles. The highest BCUT2D eigenvalue weighted by Gasteiger charge is 2.33. The normalized spacial score (nSPS) is 26.4. The maximum Gasteiger partial charge on any atom is 0.325 e. The molecule has 19 heavy (non-hydrogen) atoms. The van der Waals surface area contributed by atoms with E-state index in [4.69, 9.17) is 9.47 Å². The van der Waals surface area contributed by atoms with Crippen LogP contribution in [0.4, 0.5) is 0 Å². The van der Waals surface area contributed by atoms with Crippen LogP contribution < -0.4 is 5.32 Å². The number of ether oxygens (including phenoxy) is 2. The molecule has 1 fully saturated rings. The molecule has 0 aromatic rings. The van der Waals surface area contributed by atoms with Crippen LogP contribution in [0.5, 0.6) is 0 Å². The summed E-state index contributed by atoms with van der Waals surface area (Å²) in [5.41, 5.74) is -0.590. The number of hydrogen-bond acceptors (Lipinski definition) is 5. The van der Waals surface area contributed by atoms with E-state index in [0.29, 0.717) is 12.1 Å². The zero-order valence-corrected chi connectivity index (χ0v) is 12.9. The van der Waals surface area contributed by atoms with Crippen molar-refractivity contribution < 1.29 is 14.3 Å². The molecule has 1 heterocycles. The summed E-state index contributed by atoms with van der Waals surface area (Å²) in [5, 5.41) is 3.06. The molecule has 112 valence electrons. The Morgan fingerprint density at radius 2 is 2.26 bits per heavy atom. The largest absolute Gasteiger partial charge is 0.468 e.